The third-order valence-corrected chi connectivity index (χ3v) is 3.93. The summed E-state index contributed by atoms with van der Waals surface area (Å²) in [6.45, 7) is 0. The van der Waals surface area contributed by atoms with Gasteiger partial charge in [-0.2, -0.15) is 39.5 Å². The first-order valence-electron chi connectivity index (χ1n) is 5.51. The Balaban J connectivity index is 2.65. The zero-order valence-electron chi connectivity index (χ0n) is 10.2. The number of fused-ring (bicyclic) bond motifs is 1. The van der Waals surface area contributed by atoms with Crippen molar-refractivity contribution in [2.24, 2.45) is 0 Å². The van der Waals surface area contributed by atoms with E-state index in [1.807, 2.05) is 0 Å². The highest BCUT2D eigenvalue weighted by atomic mass is 32.1. The van der Waals surface area contributed by atoms with E-state index in [0.29, 0.717) is 17.4 Å². The Hall–Kier alpha value is -1.45. The number of rotatable bonds is 3. The fourth-order valence-electron chi connectivity index (χ4n) is 1.78. The average molecular weight is 352 g/mol. The van der Waals surface area contributed by atoms with Gasteiger partial charge in [0.25, 0.3) is 0 Å². The topological polar surface area (TPSA) is 0 Å². The van der Waals surface area contributed by atoms with Crippen molar-refractivity contribution < 1.29 is 39.5 Å². The minimum Gasteiger partial charge on any atom is -0.194 e. The van der Waals surface area contributed by atoms with Gasteiger partial charge in [0, 0.05) is 10.3 Å². The number of alkyl halides is 9. The minimum atomic E-state index is -6.89. The highest BCUT2D eigenvalue weighted by Gasteiger charge is 2.82. The van der Waals surface area contributed by atoms with Crippen molar-refractivity contribution in [3.05, 3.63) is 35.2 Å². The van der Waals surface area contributed by atoms with Gasteiger partial charge in [0.05, 0.1) is 0 Å². The van der Waals surface area contributed by atoms with Crippen molar-refractivity contribution in [2.75, 3.05) is 0 Å². The summed E-state index contributed by atoms with van der Waals surface area (Å²) in [7, 11) is 0. The van der Waals surface area contributed by atoms with Gasteiger partial charge in [-0.3, -0.25) is 0 Å². The standard InChI is InChI=1S/C12H5F9S/c13-9(14,10(15,16)11(17,18)12(19,20)21)7-3-1-2-6-4-5-22-8(6)7/h1-5H. The maximum atomic E-state index is 13.8. The Morgan fingerprint density at radius 1 is 0.727 bits per heavy atom. The Bertz CT molecular complexity index is 683. The van der Waals surface area contributed by atoms with Crippen LogP contribution < -0.4 is 0 Å². The zero-order chi connectivity index (χ0) is 17.0. The fourth-order valence-corrected chi connectivity index (χ4v) is 2.73. The van der Waals surface area contributed by atoms with Crippen LogP contribution in [0, 0.1) is 0 Å². The molecule has 2 aromatic rings. The second-order valence-electron chi connectivity index (χ2n) is 4.37. The molecule has 0 bridgehead atoms. The molecule has 0 radical (unpaired) electrons. The van der Waals surface area contributed by atoms with Gasteiger partial charge in [-0.1, -0.05) is 18.2 Å². The zero-order valence-corrected chi connectivity index (χ0v) is 11.0. The van der Waals surface area contributed by atoms with Crippen LogP contribution in [0.1, 0.15) is 5.56 Å². The molecule has 0 spiro atoms. The van der Waals surface area contributed by atoms with E-state index in [2.05, 4.69) is 0 Å². The minimum absolute atomic E-state index is 0.0355. The molecule has 122 valence electrons. The first-order valence-corrected chi connectivity index (χ1v) is 6.39. The molecule has 10 heteroatoms. The largest absolute Gasteiger partial charge is 0.460 e. The van der Waals surface area contributed by atoms with Crippen molar-refractivity contribution in [1.82, 2.24) is 0 Å². The Morgan fingerprint density at radius 3 is 1.86 bits per heavy atom. The molecule has 1 aromatic carbocycles. The summed E-state index contributed by atoms with van der Waals surface area (Å²) in [5.41, 5.74) is -1.58. The lowest BCUT2D eigenvalue weighted by Crippen LogP contribution is -2.59. The quantitative estimate of drug-likeness (QED) is 0.610. The molecular formula is C12H5F9S. The number of thiophene rings is 1. The summed E-state index contributed by atoms with van der Waals surface area (Å²) in [4.78, 5) is 0. The van der Waals surface area contributed by atoms with Gasteiger partial charge in [-0.05, 0) is 16.8 Å². The first-order chi connectivity index (χ1) is 9.84. The van der Waals surface area contributed by atoms with Crippen LogP contribution in [0.15, 0.2) is 29.6 Å². The van der Waals surface area contributed by atoms with E-state index in [9.17, 15) is 39.5 Å². The Labute approximate surface area is 121 Å². The summed E-state index contributed by atoms with van der Waals surface area (Å²) in [6, 6.07) is 3.77. The molecule has 0 aliphatic carbocycles. The van der Waals surface area contributed by atoms with Crippen LogP contribution in [0.4, 0.5) is 39.5 Å². The van der Waals surface area contributed by atoms with Crippen molar-refractivity contribution in [2.45, 2.75) is 23.9 Å². The van der Waals surface area contributed by atoms with Crippen LogP contribution in [0.25, 0.3) is 10.1 Å². The molecule has 0 atom stereocenters. The van der Waals surface area contributed by atoms with E-state index in [0.717, 1.165) is 6.07 Å². The predicted octanol–water partition coefficient (Wildman–Crippen LogP) is 5.83. The molecule has 2 rings (SSSR count). The van der Waals surface area contributed by atoms with Gasteiger partial charge in [0.1, 0.15) is 0 Å². The Morgan fingerprint density at radius 2 is 1.32 bits per heavy atom. The van der Waals surface area contributed by atoms with Gasteiger partial charge < -0.3 is 0 Å². The SMILES string of the molecule is FC(F)(F)C(F)(F)C(F)(F)C(F)(F)c1cccc2ccsc12. The second-order valence-corrected chi connectivity index (χ2v) is 5.28. The highest BCUT2D eigenvalue weighted by molar-refractivity contribution is 7.17. The average Bonchev–Trinajstić information content (AvgIpc) is 2.84. The number of benzene rings is 1. The second kappa shape index (κ2) is 4.77. The van der Waals surface area contributed by atoms with Crippen molar-refractivity contribution in [1.29, 1.82) is 0 Å². The van der Waals surface area contributed by atoms with Crippen LogP contribution in [0.5, 0.6) is 0 Å². The van der Waals surface area contributed by atoms with E-state index >= 15 is 0 Å². The highest BCUT2D eigenvalue weighted by Crippen LogP contribution is 2.57. The molecule has 22 heavy (non-hydrogen) atoms. The van der Waals surface area contributed by atoms with Crippen LogP contribution in [-0.2, 0) is 5.92 Å². The lowest BCUT2D eigenvalue weighted by atomic mass is 9.96. The van der Waals surface area contributed by atoms with E-state index in [1.165, 1.54) is 17.5 Å². The molecule has 0 saturated carbocycles. The van der Waals surface area contributed by atoms with E-state index in [-0.39, 0.29) is 5.39 Å². The molecule has 1 heterocycles. The summed E-state index contributed by atoms with van der Waals surface area (Å²) in [5, 5.41) is 1.26. The van der Waals surface area contributed by atoms with Gasteiger partial charge >= 0.3 is 23.9 Å². The predicted molar refractivity (Wildman–Crippen MR) is 61.7 cm³/mol. The molecule has 0 amide bonds. The van der Waals surface area contributed by atoms with Crippen LogP contribution >= 0.6 is 11.3 Å². The van der Waals surface area contributed by atoms with Crippen LogP contribution in [0.3, 0.4) is 0 Å². The van der Waals surface area contributed by atoms with E-state index < -0.39 is 34.2 Å². The molecule has 0 nitrogen and oxygen atoms in total. The summed E-state index contributed by atoms with van der Waals surface area (Å²) in [5.74, 6) is -19.2. The lowest BCUT2D eigenvalue weighted by Gasteiger charge is -2.34. The number of halogens is 9. The normalized spacial score (nSPS) is 14.6. The molecule has 0 aliphatic rings. The van der Waals surface area contributed by atoms with Gasteiger partial charge in [-0.15, -0.1) is 11.3 Å². The fraction of sp³-hybridized carbons (Fsp3) is 0.333. The maximum absolute atomic E-state index is 13.8. The van der Waals surface area contributed by atoms with Gasteiger partial charge in [0.15, 0.2) is 0 Å². The Kier molecular flexibility index (Phi) is 3.67. The van der Waals surface area contributed by atoms with Crippen molar-refractivity contribution in [3.8, 4) is 0 Å². The summed E-state index contributed by atoms with van der Waals surface area (Å²) < 4.78 is 116. The van der Waals surface area contributed by atoms with Crippen LogP contribution in [-0.4, -0.2) is 18.0 Å². The molecule has 0 unspecified atom stereocenters. The third kappa shape index (κ3) is 2.15. The molecule has 0 aliphatic heterocycles. The molecular weight excluding hydrogens is 347 g/mol. The lowest BCUT2D eigenvalue weighted by molar-refractivity contribution is -0.399. The maximum Gasteiger partial charge on any atom is 0.460 e. The van der Waals surface area contributed by atoms with E-state index in [4.69, 9.17) is 0 Å². The molecule has 0 fully saturated rings. The summed E-state index contributed by atoms with van der Waals surface area (Å²) in [6.07, 6.45) is -6.82. The van der Waals surface area contributed by atoms with Crippen molar-refractivity contribution >= 4 is 21.4 Å². The smallest absolute Gasteiger partial charge is 0.194 e. The monoisotopic (exact) mass is 352 g/mol. The summed E-state index contributed by atoms with van der Waals surface area (Å²) >= 11 is 0.536. The first kappa shape index (κ1) is 16.9. The van der Waals surface area contributed by atoms with Crippen molar-refractivity contribution in [3.63, 3.8) is 0 Å². The van der Waals surface area contributed by atoms with Gasteiger partial charge in [-0.25, -0.2) is 0 Å². The van der Waals surface area contributed by atoms with Gasteiger partial charge in [0.2, 0.25) is 0 Å². The van der Waals surface area contributed by atoms with Crippen LogP contribution in [0.2, 0.25) is 0 Å². The molecule has 0 N–H and O–H groups in total. The number of hydrogen-bond donors (Lipinski definition) is 0. The number of hydrogen-bond acceptors (Lipinski definition) is 1. The molecule has 0 saturated heterocycles. The van der Waals surface area contributed by atoms with E-state index in [1.54, 1.807) is 0 Å². The molecule has 1 aromatic heterocycles. The third-order valence-electron chi connectivity index (χ3n) is 2.96.